The maximum Gasteiger partial charge on any atom is 0.126 e. The van der Waals surface area contributed by atoms with Crippen LogP contribution in [0.1, 0.15) is 51.5 Å². The summed E-state index contributed by atoms with van der Waals surface area (Å²) in [4.78, 5) is 0. The van der Waals surface area contributed by atoms with Gasteiger partial charge in [-0.25, -0.2) is 0 Å². The van der Waals surface area contributed by atoms with Crippen molar-refractivity contribution < 1.29 is 4.74 Å². The molecule has 1 rings (SSSR count). The average molecular weight is 232 g/mol. The maximum absolute atomic E-state index is 5.38. The predicted molar refractivity (Wildman–Crippen MR) is 75.4 cm³/mol. The first-order valence-corrected chi connectivity index (χ1v) is 6.64. The Hall–Kier alpha value is -1.24. The summed E-state index contributed by atoms with van der Waals surface area (Å²) in [6.07, 6.45) is 8.46. The topological polar surface area (TPSA) is 9.23 Å². The number of hydrogen-bond acceptors (Lipinski definition) is 1. The molecule has 94 valence electrons. The second-order valence-electron chi connectivity index (χ2n) is 4.40. The molecule has 0 aliphatic heterocycles. The molecule has 0 saturated heterocycles. The second kappa shape index (κ2) is 7.94. The minimum absolute atomic E-state index is 0.970. The molecule has 1 heteroatoms. The number of ether oxygens (including phenoxy) is 1. The number of allylic oxidation sites excluding steroid dienone is 1. The summed E-state index contributed by atoms with van der Waals surface area (Å²) >= 11 is 0. The van der Waals surface area contributed by atoms with Crippen molar-refractivity contribution in [1.29, 1.82) is 0 Å². The Bertz CT molecular complexity index is 352. The van der Waals surface area contributed by atoms with Crippen molar-refractivity contribution in [3.05, 3.63) is 35.4 Å². The van der Waals surface area contributed by atoms with Gasteiger partial charge in [0.1, 0.15) is 5.75 Å². The molecule has 0 amide bonds. The van der Waals surface area contributed by atoms with Gasteiger partial charge in [0.2, 0.25) is 0 Å². The lowest BCUT2D eigenvalue weighted by atomic mass is 10.0. The van der Waals surface area contributed by atoms with Crippen LogP contribution in [0, 0.1) is 0 Å². The summed E-state index contributed by atoms with van der Waals surface area (Å²) in [5, 5.41) is 0. The van der Waals surface area contributed by atoms with Crippen LogP contribution in [0.15, 0.2) is 29.8 Å². The third kappa shape index (κ3) is 4.64. The summed E-state index contributed by atoms with van der Waals surface area (Å²) in [6, 6.07) is 8.23. The molecular weight excluding hydrogens is 208 g/mol. The Balaban J connectivity index is 2.86. The molecule has 0 radical (unpaired) electrons. The van der Waals surface area contributed by atoms with Crippen molar-refractivity contribution >= 4 is 6.08 Å². The monoisotopic (exact) mass is 232 g/mol. The van der Waals surface area contributed by atoms with E-state index in [0.717, 1.165) is 5.75 Å². The minimum Gasteiger partial charge on any atom is -0.496 e. The van der Waals surface area contributed by atoms with E-state index in [0.29, 0.717) is 0 Å². The van der Waals surface area contributed by atoms with Gasteiger partial charge in [-0.3, -0.25) is 0 Å². The molecule has 0 aliphatic rings. The van der Waals surface area contributed by atoms with Crippen LogP contribution in [-0.4, -0.2) is 7.11 Å². The first-order valence-electron chi connectivity index (χ1n) is 6.64. The summed E-state index contributed by atoms with van der Waals surface area (Å²) in [5.41, 5.74) is 2.74. The predicted octanol–water partition coefficient (Wildman–Crippen LogP) is 5.07. The van der Waals surface area contributed by atoms with Gasteiger partial charge in [0.25, 0.3) is 0 Å². The van der Waals surface area contributed by atoms with Crippen molar-refractivity contribution in [2.24, 2.45) is 0 Å². The van der Waals surface area contributed by atoms with Crippen LogP contribution in [0.3, 0.4) is 0 Å². The number of hydrogen-bond donors (Lipinski definition) is 0. The van der Waals surface area contributed by atoms with Gasteiger partial charge in [0, 0.05) is 5.56 Å². The van der Waals surface area contributed by atoms with E-state index in [9.17, 15) is 0 Å². The zero-order chi connectivity index (χ0) is 12.5. The highest BCUT2D eigenvalue weighted by atomic mass is 16.5. The normalized spacial score (nSPS) is 11.6. The zero-order valence-corrected chi connectivity index (χ0v) is 11.3. The fourth-order valence-electron chi connectivity index (χ4n) is 2.00. The van der Waals surface area contributed by atoms with Crippen LogP contribution < -0.4 is 4.74 Å². The van der Waals surface area contributed by atoms with Gasteiger partial charge in [-0.15, -0.1) is 0 Å². The number of para-hydroxylation sites is 1. The van der Waals surface area contributed by atoms with Crippen molar-refractivity contribution in [2.75, 3.05) is 7.11 Å². The molecule has 0 aromatic heterocycles. The van der Waals surface area contributed by atoms with Crippen LogP contribution in [0.2, 0.25) is 0 Å². The van der Waals surface area contributed by atoms with E-state index in [-0.39, 0.29) is 0 Å². The average Bonchev–Trinajstić information content (AvgIpc) is 2.37. The van der Waals surface area contributed by atoms with Gasteiger partial charge < -0.3 is 4.74 Å². The van der Waals surface area contributed by atoms with Gasteiger partial charge >= 0.3 is 0 Å². The molecule has 1 aromatic rings. The lowest BCUT2D eigenvalue weighted by molar-refractivity contribution is 0.414. The number of unbranched alkanes of at least 4 members (excludes halogenated alkanes) is 1. The SMILES string of the molecule is CCCC/C(=C\c1ccccc1OC)CCC. The van der Waals surface area contributed by atoms with E-state index >= 15 is 0 Å². The van der Waals surface area contributed by atoms with E-state index in [4.69, 9.17) is 4.74 Å². The van der Waals surface area contributed by atoms with E-state index in [1.807, 2.05) is 12.1 Å². The molecular formula is C16H24O. The highest BCUT2D eigenvalue weighted by Gasteiger charge is 2.01. The number of methoxy groups -OCH3 is 1. The molecule has 0 spiro atoms. The zero-order valence-electron chi connectivity index (χ0n) is 11.3. The fourth-order valence-corrected chi connectivity index (χ4v) is 2.00. The van der Waals surface area contributed by atoms with Gasteiger partial charge in [0.15, 0.2) is 0 Å². The summed E-state index contributed by atoms with van der Waals surface area (Å²) in [7, 11) is 1.73. The molecule has 0 atom stereocenters. The second-order valence-corrected chi connectivity index (χ2v) is 4.40. The molecule has 0 fully saturated rings. The lowest BCUT2D eigenvalue weighted by Crippen LogP contribution is -1.89. The Morgan fingerprint density at radius 1 is 1.12 bits per heavy atom. The summed E-state index contributed by atoms with van der Waals surface area (Å²) in [6.45, 7) is 4.48. The Morgan fingerprint density at radius 3 is 2.53 bits per heavy atom. The molecule has 17 heavy (non-hydrogen) atoms. The molecule has 0 saturated carbocycles. The standard InChI is InChI=1S/C16H24O/c1-4-6-10-14(9-5-2)13-15-11-7-8-12-16(15)17-3/h7-8,11-13H,4-6,9-10H2,1-3H3/b14-13-. The maximum atomic E-state index is 5.38. The van der Waals surface area contributed by atoms with Crippen molar-refractivity contribution in [2.45, 2.75) is 46.0 Å². The summed E-state index contributed by atoms with van der Waals surface area (Å²) in [5.74, 6) is 0.970. The van der Waals surface area contributed by atoms with Crippen molar-refractivity contribution in [3.8, 4) is 5.75 Å². The van der Waals surface area contributed by atoms with Crippen LogP contribution in [0.5, 0.6) is 5.75 Å². The smallest absolute Gasteiger partial charge is 0.126 e. The largest absolute Gasteiger partial charge is 0.496 e. The third-order valence-electron chi connectivity index (χ3n) is 2.92. The number of rotatable bonds is 7. The molecule has 0 N–H and O–H groups in total. The molecule has 0 bridgehead atoms. The highest BCUT2D eigenvalue weighted by molar-refractivity contribution is 5.59. The molecule has 1 nitrogen and oxygen atoms in total. The Morgan fingerprint density at radius 2 is 1.88 bits per heavy atom. The van der Waals surface area contributed by atoms with Gasteiger partial charge in [-0.1, -0.05) is 56.5 Å². The van der Waals surface area contributed by atoms with Crippen LogP contribution in [-0.2, 0) is 0 Å². The van der Waals surface area contributed by atoms with E-state index in [2.05, 4.69) is 32.1 Å². The van der Waals surface area contributed by atoms with Crippen molar-refractivity contribution in [3.63, 3.8) is 0 Å². The van der Waals surface area contributed by atoms with Crippen LogP contribution in [0.4, 0.5) is 0 Å². The first kappa shape index (κ1) is 13.8. The molecule has 0 heterocycles. The van der Waals surface area contributed by atoms with E-state index in [1.54, 1.807) is 12.7 Å². The van der Waals surface area contributed by atoms with E-state index in [1.165, 1.54) is 37.7 Å². The van der Waals surface area contributed by atoms with Crippen LogP contribution in [0.25, 0.3) is 6.08 Å². The highest BCUT2D eigenvalue weighted by Crippen LogP contribution is 2.24. The third-order valence-corrected chi connectivity index (χ3v) is 2.92. The minimum atomic E-state index is 0.970. The van der Waals surface area contributed by atoms with Gasteiger partial charge in [0.05, 0.1) is 7.11 Å². The van der Waals surface area contributed by atoms with Crippen LogP contribution >= 0.6 is 0 Å². The molecule has 1 aromatic carbocycles. The van der Waals surface area contributed by atoms with E-state index < -0.39 is 0 Å². The van der Waals surface area contributed by atoms with Gasteiger partial charge in [-0.2, -0.15) is 0 Å². The lowest BCUT2D eigenvalue weighted by Gasteiger charge is -2.08. The Kier molecular flexibility index (Phi) is 6.46. The Labute approximate surface area is 106 Å². The number of benzene rings is 1. The van der Waals surface area contributed by atoms with Gasteiger partial charge in [-0.05, 0) is 25.3 Å². The molecule has 0 unspecified atom stereocenters. The van der Waals surface area contributed by atoms with Crippen molar-refractivity contribution in [1.82, 2.24) is 0 Å². The molecule has 0 aliphatic carbocycles. The summed E-state index contributed by atoms with van der Waals surface area (Å²) < 4.78 is 5.38. The first-order chi connectivity index (χ1) is 8.31. The quantitative estimate of drug-likeness (QED) is 0.637. The fraction of sp³-hybridized carbons (Fsp3) is 0.500.